The summed E-state index contributed by atoms with van der Waals surface area (Å²) in [7, 11) is 0. The number of hydrogen-bond acceptors (Lipinski definition) is 5. The minimum absolute atomic E-state index is 0.00778. The molecule has 1 aromatic heterocycles. The van der Waals surface area contributed by atoms with Gasteiger partial charge in [0.05, 0.1) is 5.69 Å². The fraction of sp³-hybridized carbons (Fsp3) is 0.350. The summed E-state index contributed by atoms with van der Waals surface area (Å²) in [4.78, 5) is 32.7. The van der Waals surface area contributed by atoms with E-state index in [1.165, 1.54) is 5.69 Å². The summed E-state index contributed by atoms with van der Waals surface area (Å²) in [5.74, 6) is 0.358. The minimum atomic E-state index is -0.180. The van der Waals surface area contributed by atoms with Crippen LogP contribution in [0.3, 0.4) is 0 Å². The Morgan fingerprint density at radius 2 is 2.07 bits per heavy atom. The molecule has 3 heterocycles. The number of rotatable bonds is 2. The van der Waals surface area contributed by atoms with Gasteiger partial charge in [0.1, 0.15) is 5.75 Å². The van der Waals surface area contributed by atoms with Crippen molar-refractivity contribution in [2.45, 2.75) is 13.3 Å². The van der Waals surface area contributed by atoms with Crippen LogP contribution in [0.2, 0.25) is 0 Å². The van der Waals surface area contributed by atoms with Crippen molar-refractivity contribution in [2.75, 3.05) is 43.0 Å². The Bertz CT molecular complexity index is 883. The average molecular weight is 366 g/mol. The molecule has 140 valence electrons. The highest BCUT2D eigenvalue weighted by atomic mass is 16.5. The summed E-state index contributed by atoms with van der Waals surface area (Å²) in [6, 6.07) is 7.21. The van der Waals surface area contributed by atoms with Gasteiger partial charge in [0.2, 0.25) is 0 Å². The van der Waals surface area contributed by atoms with E-state index >= 15 is 0 Å². The number of ether oxygens (including phenoxy) is 1. The van der Waals surface area contributed by atoms with Gasteiger partial charge in [-0.05, 0) is 43.2 Å². The number of hydrogen-bond donors (Lipinski definition) is 1. The van der Waals surface area contributed by atoms with Gasteiger partial charge in [-0.2, -0.15) is 0 Å². The topological polar surface area (TPSA) is 74.8 Å². The first-order valence-corrected chi connectivity index (χ1v) is 9.13. The van der Waals surface area contributed by atoms with Crippen LogP contribution in [0.4, 0.5) is 11.4 Å². The van der Waals surface area contributed by atoms with Gasteiger partial charge >= 0.3 is 0 Å². The normalized spacial score (nSPS) is 16.9. The Morgan fingerprint density at radius 1 is 1.19 bits per heavy atom. The van der Waals surface area contributed by atoms with Crippen LogP contribution in [0.5, 0.6) is 5.75 Å². The lowest BCUT2D eigenvalue weighted by Crippen LogP contribution is -2.35. The van der Waals surface area contributed by atoms with Crippen molar-refractivity contribution in [3.63, 3.8) is 0 Å². The third kappa shape index (κ3) is 3.58. The third-order valence-corrected chi connectivity index (χ3v) is 4.98. The number of nitrogens with one attached hydrogen (secondary N) is 1. The maximum absolute atomic E-state index is 13.0. The Labute approximate surface area is 157 Å². The molecule has 7 heteroatoms. The zero-order valence-corrected chi connectivity index (χ0v) is 15.3. The molecule has 0 aliphatic carbocycles. The van der Waals surface area contributed by atoms with Crippen molar-refractivity contribution < 1.29 is 14.3 Å². The molecule has 0 unspecified atom stereocenters. The van der Waals surface area contributed by atoms with Crippen LogP contribution in [0, 0.1) is 6.92 Å². The molecule has 1 aromatic carbocycles. The van der Waals surface area contributed by atoms with Crippen molar-refractivity contribution in [1.82, 2.24) is 9.88 Å². The van der Waals surface area contributed by atoms with Crippen molar-refractivity contribution in [1.29, 1.82) is 0 Å². The van der Waals surface area contributed by atoms with E-state index in [2.05, 4.69) is 22.1 Å². The molecule has 0 atom stereocenters. The van der Waals surface area contributed by atoms with Crippen LogP contribution in [0.1, 0.15) is 22.3 Å². The lowest BCUT2D eigenvalue weighted by Gasteiger charge is -2.25. The fourth-order valence-electron chi connectivity index (χ4n) is 3.57. The van der Waals surface area contributed by atoms with Crippen molar-refractivity contribution in [2.24, 2.45) is 0 Å². The number of nitrogens with zero attached hydrogens (tertiary/aromatic N) is 3. The standard InChI is InChI=1S/C20H22N4O3/c1-14-12-21-6-5-17(14)23-7-2-8-24(10-9-23)20(26)15-3-4-16-18(11-15)27-13-19(25)22-16/h3-6,11-12H,2,7-10,13H2,1H3,(H,22,25). The van der Waals surface area contributed by atoms with E-state index in [0.29, 0.717) is 30.1 Å². The zero-order valence-electron chi connectivity index (χ0n) is 15.3. The Morgan fingerprint density at radius 3 is 2.93 bits per heavy atom. The number of carbonyl (C=O) groups excluding carboxylic acids is 2. The molecule has 4 rings (SSSR count). The van der Waals surface area contributed by atoms with E-state index in [1.54, 1.807) is 18.2 Å². The van der Waals surface area contributed by atoms with E-state index in [-0.39, 0.29) is 18.4 Å². The van der Waals surface area contributed by atoms with Crippen molar-refractivity contribution in [3.8, 4) is 5.75 Å². The first-order valence-electron chi connectivity index (χ1n) is 9.13. The number of carbonyl (C=O) groups is 2. The number of benzene rings is 1. The number of anilines is 2. The molecule has 27 heavy (non-hydrogen) atoms. The highest BCUT2D eigenvalue weighted by Gasteiger charge is 2.23. The molecule has 2 aliphatic heterocycles. The molecule has 1 fully saturated rings. The first kappa shape index (κ1) is 17.3. The number of aromatic nitrogens is 1. The van der Waals surface area contributed by atoms with Crippen LogP contribution in [-0.2, 0) is 4.79 Å². The second-order valence-corrected chi connectivity index (χ2v) is 6.84. The monoisotopic (exact) mass is 366 g/mol. The summed E-state index contributed by atoms with van der Waals surface area (Å²) >= 11 is 0. The third-order valence-electron chi connectivity index (χ3n) is 4.98. The van der Waals surface area contributed by atoms with Gasteiger partial charge in [-0.1, -0.05) is 0 Å². The summed E-state index contributed by atoms with van der Waals surface area (Å²) in [6.45, 7) is 5.11. The smallest absolute Gasteiger partial charge is 0.262 e. The average Bonchev–Trinajstić information content (AvgIpc) is 2.93. The number of amides is 2. The van der Waals surface area contributed by atoms with Crippen LogP contribution in [-0.4, -0.2) is 54.5 Å². The highest BCUT2D eigenvalue weighted by molar-refractivity contribution is 5.99. The van der Waals surface area contributed by atoms with Gasteiger partial charge < -0.3 is 19.9 Å². The van der Waals surface area contributed by atoms with Crippen molar-refractivity contribution >= 4 is 23.2 Å². The van der Waals surface area contributed by atoms with Gasteiger partial charge in [0.15, 0.2) is 6.61 Å². The lowest BCUT2D eigenvalue weighted by molar-refractivity contribution is -0.118. The van der Waals surface area contributed by atoms with Gasteiger partial charge in [-0.25, -0.2) is 0 Å². The summed E-state index contributed by atoms with van der Waals surface area (Å²) < 4.78 is 5.43. The summed E-state index contributed by atoms with van der Waals surface area (Å²) in [6.07, 6.45) is 4.59. The fourth-order valence-corrected chi connectivity index (χ4v) is 3.57. The van der Waals surface area contributed by atoms with E-state index in [1.807, 2.05) is 23.4 Å². The van der Waals surface area contributed by atoms with Crippen LogP contribution in [0.15, 0.2) is 36.7 Å². The number of aryl methyl sites for hydroxylation is 1. The maximum atomic E-state index is 13.0. The summed E-state index contributed by atoms with van der Waals surface area (Å²) in [5, 5.41) is 2.74. The van der Waals surface area contributed by atoms with E-state index in [9.17, 15) is 9.59 Å². The Hall–Kier alpha value is -3.09. The zero-order chi connectivity index (χ0) is 18.8. The second-order valence-electron chi connectivity index (χ2n) is 6.84. The molecule has 2 amide bonds. The van der Waals surface area contributed by atoms with Gasteiger partial charge in [0.25, 0.3) is 11.8 Å². The van der Waals surface area contributed by atoms with E-state index in [4.69, 9.17) is 4.74 Å². The SMILES string of the molecule is Cc1cnccc1N1CCCN(C(=O)c2ccc3c(c2)OCC(=O)N3)CC1. The van der Waals surface area contributed by atoms with Gasteiger partial charge in [-0.3, -0.25) is 14.6 Å². The van der Waals surface area contributed by atoms with Crippen LogP contribution >= 0.6 is 0 Å². The molecule has 0 spiro atoms. The molecule has 7 nitrogen and oxygen atoms in total. The first-order chi connectivity index (χ1) is 13.1. The molecular weight excluding hydrogens is 344 g/mol. The second kappa shape index (κ2) is 7.26. The number of pyridine rings is 1. The highest BCUT2D eigenvalue weighted by Crippen LogP contribution is 2.29. The maximum Gasteiger partial charge on any atom is 0.262 e. The molecule has 2 aromatic rings. The van der Waals surface area contributed by atoms with Gasteiger partial charge in [-0.15, -0.1) is 0 Å². The number of fused-ring (bicyclic) bond motifs is 1. The van der Waals surface area contributed by atoms with Crippen LogP contribution in [0.25, 0.3) is 0 Å². The predicted octanol–water partition coefficient (Wildman–Crippen LogP) is 2.07. The van der Waals surface area contributed by atoms with E-state index < -0.39 is 0 Å². The molecule has 1 N–H and O–H groups in total. The minimum Gasteiger partial charge on any atom is -0.482 e. The molecule has 0 radical (unpaired) electrons. The van der Waals surface area contributed by atoms with E-state index in [0.717, 1.165) is 25.1 Å². The largest absolute Gasteiger partial charge is 0.482 e. The summed E-state index contributed by atoms with van der Waals surface area (Å²) in [5.41, 5.74) is 3.51. The molecule has 0 bridgehead atoms. The quantitative estimate of drug-likeness (QED) is 0.881. The Kier molecular flexibility index (Phi) is 4.66. The Balaban J connectivity index is 1.47. The molecule has 1 saturated heterocycles. The van der Waals surface area contributed by atoms with Crippen LogP contribution < -0.4 is 15.0 Å². The predicted molar refractivity (Wildman–Crippen MR) is 102 cm³/mol. The molecule has 2 aliphatic rings. The van der Waals surface area contributed by atoms with Crippen molar-refractivity contribution in [3.05, 3.63) is 47.8 Å². The molecule has 0 saturated carbocycles. The van der Waals surface area contributed by atoms with Gasteiger partial charge in [0, 0.05) is 49.8 Å². The lowest BCUT2D eigenvalue weighted by atomic mass is 10.1. The molecular formula is C20H22N4O3.